The molecule has 0 atom stereocenters. The highest BCUT2D eigenvalue weighted by Crippen LogP contribution is 2.28. The Hall–Kier alpha value is -1.66. The van der Waals surface area contributed by atoms with Crippen LogP contribution < -0.4 is 10.1 Å². The highest BCUT2D eigenvalue weighted by atomic mass is 79.9. The minimum absolute atomic E-state index is 0.197. The van der Waals surface area contributed by atoms with Crippen LogP contribution in [0, 0.1) is 11.6 Å². The summed E-state index contributed by atoms with van der Waals surface area (Å²) in [5.41, 5.74) is -0.486. The molecule has 1 N–H and O–H groups in total. The van der Waals surface area contributed by atoms with Crippen molar-refractivity contribution in [3.63, 3.8) is 0 Å². The van der Waals surface area contributed by atoms with Crippen LogP contribution in [0.25, 0.3) is 0 Å². The van der Waals surface area contributed by atoms with Gasteiger partial charge in [0.2, 0.25) is 0 Å². The molecule has 21 heavy (non-hydrogen) atoms. The number of halogens is 4. The molecule has 110 valence electrons. The Morgan fingerprint density at radius 1 is 1.24 bits per heavy atom. The average Bonchev–Trinajstić information content (AvgIpc) is 2.40. The lowest BCUT2D eigenvalue weighted by Crippen LogP contribution is -2.16. The number of hydrogen-bond acceptors (Lipinski definition) is 2. The minimum atomic E-state index is -0.974. The summed E-state index contributed by atoms with van der Waals surface area (Å²) in [5.74, 6) is -2.43. The van der Waals surface area contributed by atoms with Gasteiger partial charge in [-0.05, 0) is 24.3 Å². The van der Waals surface area contributed by atoms with Gasteiger partial charge in [0.05, 0.1) is 17.8 Å². The van der Waals surface area contributed by atoms with Crippen molar-refractivity contribution in [1.29, 1.82) is 0 Å². The van der Waals surface area contributed by atoms with Crippen molar-refractivity contribution in [2.24, 2.45) is 0 Å². The molecule has 0 aliphatic carbocycles. The van der Waals surface area contributed by atoms with Gasteiger partial charge in [0.1, 0.15) is 22.9 Å². The Balaban J connectivity index is 2.35. The van der Waals surface area contributed by atoms with Crippen LogP contribution in [0.15, 0.2) is 34.8 Å². The van der Waals surface area contributed by atoms with Gasteiger partial charge in [-0.3, -0.25) is 4.79 Å². The van der Waals surface area contributed by atoms with E-state index in [1.807, 2.05) is 0 Å². The van der Waals surface area contributed by atoms with E-state index in [-0.39, 0.29) is 15.2 Å². The zero-order chi connectivity index (χ0) is 15.6. The fourth-order valence-corrected chi connectivity index (χ4v) is 2.24. The number of hydrogen-bond donors (Lipinski definition) is 1. The number of amides is 1. The zero-order valence-electron chi connectivity index (χ0n) is 10.7. The third-order valence-corrected chi connectivity index (χ3v) is 3.44. The first-order valence-corrected chi connectivity index (χ1v) is 6.89. The monoisotopic (exact) mass is 375 g/mol. The van der Waals surface area contributed by atoms with Gasteiger partial charge in [-0.2, -0.15) is 0 Å². The zero-order valence-corrected chi connectivity index (χ0v) is 13.1. The number of nitrogens with one attached hydrogen (secondary N) is 1. The molecule has 0 unspecified atom stereocenters. The van der Waals surface area contributed by atoms with Crippen LogP contribution in [0.3, 0.4) is 0 Å². The highest BCUT2D eigenvalue weighted by molar-refractivity contribution is 9.10. The first kappa shape index (κ1) is 15.7. The van der Waals surface area contributed by atoms with Crippen molar-refractivity contribution in [3.8, 4) is 5.75 Å². The van der Waals surface area contributed by atoms with E-state index in [2.05, 4.69) is 21.2 Å². The van der Waals surface area contributed by atoms with Crippen LogP contribution in [0.5, 0.6) is 5.75 Å². The van der Waals surface area contributed by atoms with Gasteiger partial charge in [-0.1, -0.05) is 27.5 Å². The third kappa shape index (κ3) is 3.51. The molecule has 0 saturated carbocycles. The van der Waals surface area contributed by atoms with Crippen LogP contribution in [0.1, 0.15) is 10.4 Å². The number of methoxy groups -OCH3 is 1. The van der Waals surface area contributed by atoms with Crippen LogP contribution in [-0.2, 0) is 0 Å². The summed E-state index contributed by atoms with van der Waals surface area (Å²) in [6.07, 6.45) is 0. The molecule has 0 aromatic heterocycles. The Kier molecular flexibility index (Phi) is 4.80. The van der Waals surface area contributed by atoms with Gasteiger partial charge in [0.25, 0.3) is 5.91 Å². The van der Waals surface area contributed by atoms with Crippen molar-refractivity contribution in [2.45, 2.75) is 0 Å². The molecule has 0 radical (unpaired) electrons. The van der Waals surface area contributed by atoms with Crippen LogP contribution in [0.4, 0.5) is 14.5 Å². The Morgan fingerprint density at radius 3 is 2.43 bits per heavy atom. The third-order valence-electron chi connectivity index (χ3n) is 2.66. The number of ether oxygens (including phenoxy) is 1. The predicted octanol–water partition coefficient (Wildman–Crippen LogP) is 4.64. The molecule has 7 heteroatoms. The van der Waals surface area contributed by atoms with Gasteiger partial charge in [-0.15, -0.1) is 0 Å². The first-order chi connectivity index (χ1) is 9.92. The minimum Gasteiger partial charge on any atom is -0.497 e. The number of anilines is 1. The van der Waals surface area contributed by atoms with Crippen molar-refractivity contribution in [2.75, 3.05) is 12.4 Å². The summed E-state index contributed by atoms with van der Waals surface area (Å²) in [6.45, 7) is 0. The molecule has 0 heterocycles. The topological polar surface area (TPSA) is 38.3 Å². The van der Waals surface area contributed by atoms with Crippen LogP contribution in [0.2, 0.25) is 5.02 Å². The largest absolute Gasteiger partial charge is 0.497 e. The summed E-state index contributed by atoms with van der Waals surface area (Å²) in [5, 5.41) is 2.58. The lowest BCUT2D eigenvalue weighted by molar-refractivity contribution is 0.101. The number of carbonyl (C=O) groups excluding carboxylic acids is 1. The standard InChI is InChI=1S/C14H9BrClF2NO2/c1-21-8-2-3-9(16)12(6-8)19-14(20)13-10(17)4-7(15)5-11(13)18/h2-6H,1H3,(H,19,20). The number of benzene rings is 2. The van der Waals surface area contributed by atoms with E-state index >= 15 is 0 Å². The molecular weight excluding hydrogens is 368 g/mol. The van der Waals surface area contributed by atoms with Gasteiger partial charge >= 0.3 is 0 Å². The molecule has 0 bridgehead atoms. The molecule has 0 saturated heterocycles. The van der Waals surface area contributed by atoms with Crippen molar-refractivity contribution >= 4 is 39.1 Å². The maximum absolute atomic E-state index is 13.7. The van der Waals surface area contributed by atoms with E-state index < -0.39 is 23.1 Å². The Labute approximate surface area is 133 Å². The molecule has 0 fully saturated rings. The fraction of sp³-hybridized carbons (Fsp3) is 0.0714. The smallest absolute Gasteiger partial charge is 0.261 e. The summed E-state index contributed by atoms with van der Waals surface area (Å²) in [6, 6.07) is 6.56. The molecule has 3 nitrogen and oxygen atoms in total. The molecule has 2 aromatic carbocycles. The second-order valence-electron chi connectivity index (χ2n) is 4.04. The first-order valence-electron chi connectivity index (χ1n) is 5.72. The molecule has 2 aromatic rings. The van der Waals surface area contributed by atoms with Crippen molar-refractivity contribution in [3.05, 3.63) is 57.0 Å². The summed E-state index contributed by atoms with van der Waals surface area (Å²) < 4.78 is 32.6. The SMILES string of the molecule is COc1ccc(Cl)c(NC(=O)c2c(F)cc(Br)cc2F)c1. The average molecular weight is 377 g/mol. The number of carbonyl (C=O) groups is 1. The van der Waals surface area contributed by atoms with Gasteiger partial charge in [0.15, 0.2) is 0 Å². The summed E-state index contributed by atoms with van der Waals surface area (Å²) in [7, 11) is 1.45. The lowest BCUT2D eigenvalue weighted by atomic mass is 10.1. The van der Waals surface area contributed by atoms with Gasteiger partial charge in [-0.25, -0.2) is 8.78 Å². The predicted molar refractivity (Wildman–Crippen MR) is 80.0 cm³/mol. The van der Waals surface area contributed by atoms with E-state index in [4.69, 9.17) is 16.3 Å². The second-order valence-corrected chi connectivity index (χ2v) is 5.37. The van der Waals surface area contributed by atoms with E-state index in [0.717, 1.165) is 12.1 Å². The Morgan fingerprint density at radius 2 is 1.86 bits per heavy atom. The summed E-state index contributed by atoms with van der Waals surface area (Å²) >= 11 is 8.87. The van der Waals surface area contributed by atoms with Crippen molar-refractivity contribution < 1.29 is 18.3 Å². The maximum atomic E-state index is 13.7. The quantitative estimate of drug-likeness (QED) is 0.847. The molecular formula is C14H9BrClF2NO2. The maximum Gasteiger partial charge on any atom is 0.261 e. The van der Waals surface area contributed by atoms with E-state index in [0.29, 0.717) is 5.75 Å². The fourth-order valence-electron chi connectivity index (χ4n) is 1.67. The Bertz CT molecular complexity index is 686. The molecule has 0 spiro atoms. The molecule has 1 amide bonds. The molecule has 0 aliphatic rings. The lowest BCUT2D eigenvalue weighted by Gasteiger charge is -2.10. The normalized spacial score (nSPS) is 10.3. The highest BCUT2D eigenvalue weighted by Gasteiger charge is 2.19. The van der Waals surface area contributed by atoms with Gasteiger partial charge < -0.3 is 10.1 Å². The van der Waals surface area contributed by atoms with E-state index in [1.54, 1.807) is 6.07 Å². The molecule has 0 aliphatic heterocycles. The number of rotatable bonds is 3. The van der Waals surface area contributed by atoms with Gasteiger partial charge in [0, 0.05) is 10.5 Å². The second kappa shape index (κ2) is 6.41. The van der Waals surface area contributed by atoms with E-state index in [9.17, 15) is 13.6 Å². The van der Waals surface area contributed by atoms with Crippen molar-refractivity contribution in [1.82, 2.24) is 0 Å². The van der Waals surface area contributed by atoms with Crippen LogP contribution in [-0.4, -0.2) is 13.0 Å². The van der Waals surface area contributed by atoms with E-state index in [1.165, 1.54) is 19.2 Å². The van der Waals surface area contributed by atoms with Crippen LogP contribution >= 0.6 is 27.5 Å². The molecule has 2 rings (SSSR count). The summed E-state index contributed by atoms with van der Waals surface area (Å²) in [4.78, 5) is 12.0.